The van der Waals surface area contributed by atoms with Crippen LogP contribution in [0.25, 0.3) is 0 Å². The van der Waals surface area contributed by atoms with Crippen LogP contribution in [0.3, 0.4) is 0 Å². The van der Waals surface area contributed by atoms with Gasteiger partial charge in [-0.2, -0.15) is 0 Å². The Morgan fingerprint density at radius 1 is 1.06 bits per heavy atom. The van der Waals surface area contributed by atoms with Crippen molar-refractivity contribution in [2.75, 3.05) is 26.4 Å². The fraction of sp³-hybridized carbons (Fsp3) is 0.571. The Kier molecular flexibility index (Phi) is 7.22. The van der Waals surface area contributed by atoms with Gasteiger partial charge in [-0.1, -0.05) is 12.1 Å². The van der Waals surface area contributed by atoms with Gasteiger partial charge in [0.2, 0.25) is 0 Å². The molecule has 0 heterocycles. The van der Waals surface area contributed by atoms with E-state index < -0.39 is 0 Å². The molecule has 102 valence electrons. The van der Waals surface area contributed by atoms with Gasteiger partial charge in [0.15, 0.2) is 11.5 Å². The van der Waals surface area contributed by atoms with Crippen LogP contribution < -0.4 is 15.2 Å². The zero-order valence-electron chi connectivity index (χ0n) is 11.2. The Morgan fingerprint density at radius 2 is 1.72 bits per heavy atom. The molecule has 1 unspecified atom stereocenters. The number of hydrogen-bond acceptors (Lipinski definition) is 4. The molecular weight excluding hydrogens is 230 g/mol. The molecule has 0 radical (unpaired) electrons. The molecule has 0 aromatic heterocycles. The lowest BCUT2D eigenvalue weighted by Crippen LogP contribution is -2.25. The van der Waals surface area contributed by atoms with Crippen LogP contribution in [-0.4, -0.2) is 32.5 Å². The summed E-state index contributed by atoms with van der Waals surface area (Å²) in [5, 5.41) is 0. The van der Waals surface area contributed by atoms with E-state index in [1.807, 2.05) is 38.1 Å². The highest BCUT2D eigenvalue weighted by atomic mass is 16.5. The van der Waals surface area contributed by atoms with Gasteiger partial charge >= 0.3 is 0 Å². The van der Waals surface area contributed by atoms with Crippen LogP contribution >= 0.6 is 0 Å². The molecular formula is C14H23NO3. The first kappa shape index (κ1) is 14.8. The van der Waals surface area contributed by atoms with Crippen LogP contribution in [-0.2, 0) is 4.74 Å². The molecule has 4 heteroatoms. The fourth-order valence-corrected chi connectivity index (χ4v) is 1.65. The smallest absolute Gasteiger partial charge is 0.161 e. The summed E-state index contributed by atoms with van der Waals surface area (Å²) < 4.78 is 16.7. The van der Waals surface area contributed by atoms with E-state index in [0.29, 0.717) is 26.4 Å². The molecule has 2 N–H and O–H groups in total. The molecule has 18 heavy (non-hydrogen) atoms. The van der Waals surface area contributed by atoms with Crippen molar-refractivity contribution in [1.29, 1.82) is 0 Å². The zero-order valence-corrected chi connectivity index (χ0v) is 11.2. The SMILES string of the molecule is CCOc1ccccc1OCCC(CN)OCC. The monoisotopic (exact) mass is 253 g/mol. The van der Waals surface area contributed by atoms with E-state index in [2.05, 4.69) is 0 Å². The molecule has 1 aromatic rings. The molecule has 1 rings (SSSR count). The summed E-state index contributed by atoms with van der Waals surface area (Å²) in [5.74, 6) is 1.55. The number of ether oxygens (including phenoxy) is 3. The van der Waals surface area contributed by atoms with Gasteiger partial charge in [0.1, 0.15) is 0 Å². The molecule has 0 saturated heterocycles. The first-order valence-corrected chi connectivity index (χ1v) is 6.48. The molecule has 0 aliphatic carbocycles. The molecule has 4 nitrogen and oxygen atoms in total. The molecule has 0 amide bonds. The quantitative estimate of drug-likeness (QED) is 0.733. The van der Waals surface area contributed by atoms with Crippen molar-refractivity contribution in [3.8, 4) is 11.5 Å². The second-order valence-electron chi connectivity index (χ2n) is 3.83. The van der Waals surface area contributed by atoms with E-state index >= 15 is 0 Å². The van der Waals surface area contributed by atoms with E-state index in [4.69, 9.17) is 19.9 Å². The molecule has 1 aromatic carbocycles. The molecule has 0 fully saturated rings. The largest absolute Gasteiger partial charge is 0.490 e. The van der Waals surface area contributed by atoms with E-state index in [1.54, 1.807) is 0 Å². The summed E-state index contributed by atoms with van der Waals surface area (Å²) in [4.78, 5) is 0. The maximum atomic E-state index is 5.71. The Morgan fingerprint density at radius 3 is 2.28 bits per heavy atom. The van der Waals surface area contributed by atoms with E-state index in [9.17, 15) is 0 Å². The van der Waals surface area contributed by atoms with Crippen molar-refractivity contribution in [3.05, 3.63) is 24.3 Å². The van der Waals surface area contributed by atoms with Crippen LogP contribution in [0, 0.1) is 0 Å². The van der Waals surface area contributed by atoms with Crippen molar-refractivity contribution in [2.45, 2.75) is 26.4 Å². The Balaban J connectivity index is 2.42. The predicted molar refractivity (Wildman–Crippen MR) is 72.2 cm³/mol. The van der Waals surface area contributed by atoms with Gasteiger partial charge in [0.25, 0.3) is 0 Å². The molecule has 1 atom stereocenters. The third-order valence-corrected chi connectivity index (χ3v) is 2.51. The number of para-hydroxylation sites is 2. The topological polar surface area (TPSA) is 53.7 Å². The minimum absolute atomic E-state index is 0.0641. The second kappa shape index (κ2) is 8.78. The van der Waals surface area contributed by atoms with Crippen LogP contribution in [0.15, 0.2) is 24.3 Å². The third kappa shape index (κ3) is 4.94. The van der Waals surface area contributed by atoms with Crippen molar-refractivity contribution in [3.63, 3.8) is 0 Å². The minimum atomic E-state index is 0.0641. The lowest BCUT2D eigenvalue weighted by molar-refractivity contribution is 0.0523. The summed E-state index contributed by atoms with van der Waals surface area (Å²) in [6.07, 6.45) is 0.847. The van der Waals surface area contributed by atoms with E-state index in [0.717, 1.165) is 17.9 Å². The van der Waals surface area contributed by atoms with Gasteiger partial charge < -0.3 is 19.9 Å². The average molecular weight is 253 g/mol. The highest BCUT2D eigenvalue weighted by Crippen LogP contribution is 2.26. The first-order chi connectivity index (χ1) is 8.81. The summed E-state index contributed by atoms with van der Waals surface area (Å²) in [6.45, 7) is 6.32. The fourth-order valence-electron chi connectivity index (χ4n) is 1.65. The van der Waals surface area contributed by atoms with Gasteiger partial charge in [-0.3, -0.25) is 0 Å². The summed E-state index contributed by atoms with van der Waals surface area (Å²) in [6, 6.07) is 7.67. The van der Waals surface area contributed by atoms with Crippen LogP contribution in [0.4, 0.5) is 0 Å². The zero-order chi connectivity index (χ0) is 13.2. The summed E-state index contributed by atoms with van der Waals surface area (Å²) in [5.41, 5.74) is 5.61. The number of rotatable bonds is 9. The molecule has 0 aliphatic heterocycles. The summed E-state index contributed by atoms with van der Waals surface area (Å²) in [7, 11) is 0. The van der Waals surface area contributed by atoms with Crippen LogP contribution in [0.5, 0.6) is 11.5 Å². The molecule has 0 bridgehead atoms. The van der Waals surface area contributed by atoms with Crippen LogP contribution in [0.2, 0.25) is 0 Å². The van der Waals surface area contributed by atoms with Gasteiger partial charge in [0, 0.05) is 19.6 Å². The number of benzene rings is 1. The number of hydrogen-bond donors (Lipinski definition) is 1. The maximum Gasteiger partial charge on any atom is 0.161 e. The van der Waals surface area contributed by atoms with Crippen molar-refractivity contribution in [1.82, 2.24) is 0 Å². The second-order valence-corrected chi connectivity index (χ2v) is 3.83. The van der Waals surface area contributed by atoms with Crippen molar-refractivity contribution >= 4 is 0 Å². The third-order valence-electron chi connectivity index (χ3n) is 2.51. The molecule has 0 aliphatic rings. The summed E-state index contributed by atoms with van der Waals surface area (Å²) >= 11 is 0. The Labute approximate surface area is 109 Å². The first-order valence-electron chi connectivity index (χ1n) is 6.48. The Bertz CT molecular complexity index is 331. The normalized spacial score (nSPS) is 12.2. The maximum absolute atomic E-state index is 5.71. The lowest BCUT2D eigenvalue weighted by Gasteiger charge is -2.16. The van der Waals surface area contributed by atoms with Gasteiger partial charge in [-0.15, -0.1) is 0 Å². The van der Waals surface area contributed by atoms with Gasteiger partial charge in [0.05, 0.1) is 19.3 Å². The Hall–Kier alpha value is -1.26. The lowest BCUT2D eigenvalue weighted by atomic mass is 10.2. The van der Waals surface area contributed by atoms with E-state index in [-0.39, 0.29) is 6.10 Å². The predicted octanol–water partition coefficient (Wildman–Crippen LogP) is 2.22. The molecule has 0 saturated carbocycles. The van der Waals surface area contributed by atoms with Gasteiger partial charge in [-0.05, 0) is 26.0 Å². The van der Waals surface area contributed by atoms with E-state index in [1.165, 1.54) is 0 Å². The highest BCUT2D eigenvalue weighted by molar-refractivity contribution is 5.39. The average Bonchev–Trinajstić information content (AvgIpc) is 2.40. The van der Waals surface area contributed by atoms with Crippen molar-refractivity contribution < 1.29 is 14.2 Å². The number of nitrogens with two attached hydrogens (primary N) is 1. The standard InChI is InChI=1S/C14H23NO3/c1-3-16-12(11-15)9-10-18-14-8-6-5-7-13(14)17-4-2/h5-8,12H,3-4,9-11,15H2,1-2H3. The molecule has 0 spiro atoms. The van der Waals surface area contributed by atoms with Gasteiger partial charge in [-0.25, -0.2) is 0 Å². The minimum Gasteiger partial charge on any atom is -0.490 e. The van der Waals surface area contributed by atoms with Crippen molar-refractivity contribution in [2.24, 2.45) is 5.73 Å². The highest BCUT2D eigenvalue weighted by Gasteiger charge is 2.08. The van der Waals surface area contributed by atoms with Crippen LogP contribution in [0.1, 0.15) is 20.3 Å².